The molecule has 0 aliphatic heterocycles. The predicted octanol–water partition coefficient (Wildman–Crippen LogP) is 3.57. The zero-order valence-corrected chi connectivity index (χ0v) is 12.5. The number of pyridine rings is 1. The first-order valence-corrected chi connectivity index (χ1v) is 7.03. The minimum absolute atomic E-state index is 0.0152. The Labute approximate surface area is 131 Å². The molecule has 0 atom stereocenters. The quantitative estimate of drug-likeness (QED) is 0.799. The SMILES string of the molecule is Cc1cccc2c(C(=O)O)nc(COc3ccccc3Cl)n12. The third kappa shape index (κ3) is 2.51. The number of benzene rings is 1. The van der Waals surface area contributed by atoms with Gasteiger partial charge in [-0.15, -0.1) is 0 Å². The number of fused-ring (bicyclic) bond motifs is 1. The lowest BCUT2D eigenvalue weighted by atomic mass is 10.3. The number of hydrogen-bond donors (Lipinski definition) is 1. The predicted molar refractivity (Wildman–Crippen MR) is 82.7 cm³/mol. The van der Waals surface area contributed by atoms with Crippen molar-refractivity contribution in [3.63, 3.8) is 0 Å². The Kier molecular flexibility index (Phi) is 3.73. The number of carboxylic acid groups (broad SMARTS) is 1. The van der Waals surface area contributed by atoms with Crippen LogP contribution < -0.4 is 4.74 Å². The molecule has 0 fully saturated rings. The van der Waals surface area contributed by atoms with Gasteiger partial charge in [0, 0.05) is 5.69 Å². The summed E-state index contributed by atoms with van der Waals surface area (Å²) in [6.07, 6.45) is 0. The summed E-state index contributed by atoms with van der Waals surface area (Å²) in [4.78, 5) is 15.5. The second-order valence-electron chi connectivity index (χ2n) is 4.79. The number of aryl methyl sites for hydroxylation is 1. The molecule has 0 radical (unpaired) electrons. The molecule has 2 aromatic heterocycles. The molecule has 5 nitrogen and oxygen atoms in total. The molecule has 0 amide bonds. The van der Waals surface area contributed by atoms with Crippen molar-refractivity contribution in [3.05, 3.63) is 64.7 Å². The molecular formula is C16H13ClN2O3. The second kappa shape index (κ2) is 5.69. The number of rotatable bonds is 4. The number of imidazole rings is 1. The molecule has 112 valence electrons. The van der Waals surface area contributed by atoms with Crippen molar-refractivity contribution in [2.45, 2.75) is 13.5 Å². The minimum atomic E-state index is -1.06. The first kappa shape index (κ1) is 14.4. The van der Waals surface area contributed by atoms with Crippen LogP contribution >= 0.6 is 11.6 Å². The van der Waals surface area contributed by atoms with Gasteiger partial charge in [0.25, 0.3) is 0 Å². The molecular weight excluding hydrogens is 304 g/mol. The van der Waals surface area contributed by atoms with E-state index in [4.69, 9.17) is 16.3 Å². The van der Waals surface area contributed by atoms with Crippen LogP contribution in [0.5, 0.6) is 5.75 Å². The molecule has 0 aliphatic rings. The second-order valence-corrected chi connectivity index (χ2v) is 5.20. The normalized spacial score (nSPS) is 10.8. The molecule has 0 aliphatic carbocycles. The van der Waals surface area contributed by atoms with Crippen LogP contribution in [-0.2, 0) is 6.61 Å². The standard InChI is InChI=1S/C16H13ClN2O3/c1-10-5-4-7-12-15(16(20)21)18-14(19(10)12)9-22-13-8-3-2-6-11(13)17/h2-8H,9H2,1H3,(H,20,21). The maximum absolute atomic E-state index is 11.3. The average Bonchev–Trinajstić information content (AvgIpc) is 2.87. The van der Waals surface area contributed by atoms with Gasteiger partial charge in [-0.05, 0) is 31.2 Å². The van der Waals surface area contributed by atoms with Crippen LogP contribution in [0.4, 0.5) is 0 Å². The molecule has 1 aromatic carbocycles. The zero-order chi connectivity index (χ0) is 15.7. The van der Waals surface area contributed by atoms with E-state index in [2.05, 4.69) is 4.98 Å². The van der Waals surface area contributed by atoms with Gasteiger partial charge in [-0.1, -0.05) is 29.8 Å². The lowest BCUT2D eigenvalue weighted by Crippen LogP contribution is -2.03. The van der Waals surface area contributed by atoms with Gasteiger partial charge in [-0.25, -0.2) is 9.78 Å². The minimum Gasteiger partial charge on any atom is -0.484 e. The number of aromatic nitrogens is 2. The molecule has 0 bridgehead atoms. The average molecular weight is 317 g/mol. The third-order valence-corrected chi connectivity index (χ3v) is 3.63. The number of carbonyl (C=O) groups is 1. The Morgan fingerprint density at radius 1 is 1.27 bits per heavy atom. The molecule has 2 heterocycles. The molecule has 6 heteroatoms. The summed E-state index contributed by atoms with van der Waals surface area (Å²) < 4.78 is 7.45. The van der Waals surface area contributed by atoms with Gasteiger partial charge >= 0.3 is 5.97 Å². The Balaban J connectivity index is 2.00. The van der Waals surface area contributed by atoms with E-state index in [9.17, 15) is 9.90 Å². The Hall–Kier alpha value is -2.53. The number of aromatic carboxylic acids is 1. The molecule has 0 spiro atoms. The highest BCUT2D eigenvalue weighted by Crippen LogP contribution is 2.24. The van der Waals surface area contributed by atoms with Crippen LogP contribution in [0.3, 0.4) is 0 Å². The fraction of sp³-hybridized carbons (Fsp3) is 0.125. The van der Waals surface area contributed by atoms with E-state index in [-0.39, 0.29) is 12.3 Å². The van der Waals surface area contributed by atoms with Gasteiger partial charge in [0.05, 0.1) is 10.5 Å². The Morgan fingerprint density at radius 3 is 2.77 bits per heavy atom. The summed E-state index contributed by atoms with van der Waals surface area (Å²) in [6.45, 7) is 2.02. The number of nitrogens with zero attached hydrogens (tertiary/aromatic N) is 2. The first-order valence-electron chi connectivity index (χ1n) is 6.65. The van der Waals surface area contributed by atoms with E-state index in [1.807, 2.05) is 25.1 Å². The van der Waals surface area contributed by atoms with E-state index < -0.39 is 5.97 Å². The maximum Gasteiger partial charge on any atom is 0.356 e. The van der Waals surface area contributed by atoms with Crippen LogP contribution in [0.2, 0.25) is 5.02 Å². The largest absolute Gasteiger partial charge is 0.484 e. The summed E-state index contributed by atoms with van der Waals surface area (Å²) in [6, 6.07) is 12.5. The number of carboxylic acids is 1. The molecule has 0 unspecified atom stereocenters. The lowest BCUT2D eigenvalue weighted by molar-refractivity contribution is 0.0693. The monoisotopic (exact) mass is 316 g/mol. The summed E-state index contributed by atoms with van der Waals surface area (Å²) in [5, 5.41) is 9.78. The summed E-state index contributed by atoms with van der Waals surface area (Å²) in [7, 11) is 0. The van der Waals surface area contributed by atoms with Gasteiger partial charge in [-0.3, -0.25) is 4.40 Å². The molecule has 3 rings (SSSR count). The number of ether oxygens (including phenoxy) is 1. The van der Waals surface area contributed by atoms with Gasteiger partial charge in [0.2, 0.25) is 0 Å². The smallest absolute Gasteiger partial charge is 0.356 e. The van der Waals surface area contributed by atoms with E-state index in [0.29, 0.717) is 22.1 Å². The molecule has 22 heavy (non-hydrogen) atoms. The Morgan fingerprint density at radius 2 is 2.05 bits per heavy atom. The van der Waals surface area contributed by atoms with E-state index in [0.717, 1.165) is 5.69 Å². The Bertz CT molecular complexity index is 858. The van der Waals surface area contributed by atoms with Gasteiger partial charge in [0.1, 0.15) is 12.4 Å². The maximum atomic E-state index is 11.3. The van der Waals surface area contributed by atoms with Crippen LogP contribution in [0, 0.1) is 6.92 Å². The van der Waals surface area contributed by atoms with Crippen molar-refractivity contribution in [1.82, 2.24) is 9.38 Å². The number of para-hydroxylation sites is 1. The molecule has 0 saturated carbocycles. The van der Waals surface area contributed by atoms with Gasteiger partial charge in [0.15, 0.2) is 11.5 Å². The summed E-state index contributed by atoms with van der Waals surface area (Å²) in [5.41, 5.74) is 1.45. The highest BCUT2D eigenvalue weighted by atomic mass is 35.5. The first-order chi connectivity index (χ1) is 10.6. The van der Waals surface area contributed by atoms with Gasteiger partial charge in [-0.2, -0.15) is 0 Å². The lowest BCUT2D eigenvalue weighted by Gasteiger charge is -2.08. The van der Waals surface area contributed by atoms with Crippen molar-refractivity contribution in [1.29, 1.82) is 0 Å². The van der Waals surface area contributed by atoms with Crippen molar-refractivity contribution in [2.75, 3.05) is 0 Å². The zero-order valence-electron chi connectivity index (χ0n) is 11.8. The topological polar surface area (TPSA) is 63.8 Å². The summed E-state index contributed by atoms with van der Waals surface area (Å²) in [5.74, 6) is -0.0103. The molecule has 3 aromatic rings. The van der Waals surface area contributed by atoms with Crippen molar-refractivity contribution in [2.24, 2.45) is 0 Å². The third-order valence-electron chi connectivity index (χ3n) is 3.32. The van der Waals surface area contributed by atoms with E-state index >= 15 is 0 Å². The van der Waals surface area contributed by atoms with Crippen molar-refractivity contribution >= 4 is 23.1 Å². The highest BCUT2D eigenvalue weighted by Gasteiger charge is 2.18. The highest BCUT2D eigenvalue weighted by molar-refractivity contribution is 6.32. The van der Waals surface area contributed by atoms with E-state index in [1.165, 1.54) is 0 Å². The van der Waals surface area contributed by atoms with E-state index in [1.54, 1.807) is 28.7 Å². The number of hydrogen-bond acceptors (Lipinski definition) is 3. The van der Waals surface area contributed by atoms with Crippen LogP contribution in [-0.4, -0.2) is 20.5 Å². The van der Waals surface area contributed by atoms with Crippen LogP contribution in [0.25, 0.3) is 5.52 Å². The summed E-state index contributed by atoms with van der Waals surface area (Å²) >= 11 is 6.05. The van der Waals surface area contributed by atoms with Crippen LogP contribution in [0.15, 0.2) is 42.5 Å². The van der Waals surface area contributed by atoms with Crippen LogP contribution in [0.1, 0.15) is 22.0 Å². The molecule has 1 N–H and O–H groups in total. The number of halogens is 1. The van der Waals surface area contributed by atoms with Gasteiger partial charge < -0.3 is 9.84 Å². The fourth-order valence-electron chi connectivity index (χ4n) is 2.34. The van der Waals surface area contributed by atoms with Crippen molar-refractivity contribution in [3.8, 4) is 5.75 Å². The fourth-order valence-corrected chi connectivity index (χ4v) is 2.53. The van der Waals surface area contributed by atoms with Crippen molar-refractivity contribution < 1.29 is 14.6 Å². The molecule has 0 saturated heterocycles.